The quantitative estimate of drug-likeness (QED) is 0.188. The highest BCUT2D eigenvalue weighted by molar-refractivity contribution is 8.02. The van der Waals surface area contributed by atoms with E-state index in [0.717, 1.165) is 16.2 Å². The van der Waals surface area contributed by atoms with Gasteiger partial charge in [0.1, 0.15) is 27.7 Å². The zero-order valence-corrected chi connectivity index (χ0v) is 25.1. The highest BCUT2D eigenvalue weighted by atomic mass is 32.2. The van der Waals surface area contributed by atoms with Crippen LogP contribution >= 0.6 is 23.5 Å². The summed E-state index contributed by atoms with van der Waals surface area (Å²) < 4.78 is 11.5. The van der Waals surface area contributed by atoms with Crippen LogP contribution in [-0.2, 0) is 19.1 Å². The largest absolute Gasteiger partial charge is 0.448 e. The molecule has 1 N–H and O–H groups in total. The summed E-state index contributed by atoms with van der Waals surface area (Å²) in [7, 11) is 0. The first-order valence-corrected chi connectivity index (χ1v) is 15.4. The Hall–Kier alpha value is -4.02. The summed E-state index contributed by atoms with van der Waals surface area (Å²) in [5, 5.41) is 4.85. The second-order valence-electron chi connectivity index (χ2n) is 10.6. The van der Waals surface area contributed by atoms with Crippen LogP contribution in [0.15, 0.2) is 113 Å². The first kappa shape index (κ1) is 29.5. The minimum absolute atomic E-state index is 0.167. The second kappa shape index (κ2) is 12.9. The van der Waals surface area contributed by atoms with Crippen LogP contribution < -0.4 is 5.32 Å². The first-order chi connectivity index (χ1) is 20.2. The maximum atomic E-state index is 14.0. The molecule has 0 radical (unpaired) electrons. The molecule has 10 heteroatoms. The number of β-lactam (4-membered cyclic amide) rings is 1. The molecule has 2 aliphatic rings. The van der Waals surface area contributed by atoms with Crippen molar-refractivity contribution in [2.45, 2.75) is 48.9 Å². The van der Waals surface area contributed by atoms with E-state index >= 15 is 0 Å². The third-order valence-electron chi connectivity index (χ3n) is 6.39. The normalized spacial score (nSPS) is 18.5. The van der Waals surface area contributed by atoms with Gasteiger partial charge < -0.3 is 14.8 Å². The van der Waals surface area contributed by atoms with Gasteiger partial charge in [-0.15, -0.1) is 11.8 Å². The van der Waals surface area contributed by atoms with Crippen molar-refractivity contribution in [3.8, 4) is 0 Å². The smallest absolute Gasteiger partial charge is 0.408 e. The highest BCUT2D eigenvalue weighted by Gasteiger charge is 2.54. The van der Waals surface area contributed by atoms with Crippen molar-refractivity contribution in [2.75, 3.05) is 5.75 Å². The number of benzene rings is 2. The number of esters is 1. The number of amides is 2. The molecule has 8 nitrogen and oxygen atoms in total. The third-order valence-corrected chi connectivity index (χ3v) is 8.45. The number of hydrogen-bond acceptors (Lipinski definition) is 8. The van der Waals surface area contributed by atoms with Crippen molar-refractivity contribution in [3.63, 3.8) is 0 Å². The number of fused-ring (bicyclic) bond motifs is 1. The molecular formula is C32H31N3O5S2. The van der Waals surface area contributed by atoms with E-state index in [2.05, 4.69) is 10.3 Å². The Balaban J connectivity index is 1.44. The van der Waals surface area contributed by atoms with Crippen molar-refractivity contribution in [3.05, 3.63) is 119 Å². The molecule has 2 aliphatic heterocycles. The predicted octanol–water partition coefficient (Wildman–Crippen LogP) is 6.08. The Bertz CT molecular complexity index is 1450. The molecule has 1 saturated heterocycles. The molecule has 0 saturated carbocycles. The Morgan fingerprint density at radius 1 is 1.02 bits per heavy atom. The minimum atomic E-state index is -0.819. The number of thioether (sulfide) groups is 2. The van der Waals surface area contributed by atoms with Crippen molar-refractivity contribution < 1.29 is 23.9 Å². The van der Waals surface area contributed by atoms with E-state index in [1.54, 1.807) is 27.0 Å². The van der Waals surface area contributed by atoms with Crippen molar-refractivity contribution in [1.82, 2.24) is 15.2 Å². The van der Waals surface area contributed by atoms with E-state index in [1.807, 2.05) is 90.3 Å². The summed E-state index contributed by atoms with van der Waals surface area (Å²) >= 11 is 2.87. The summed E-state index contributed by atoms with van der Waals surface area (Å²) in [6.45, 7) is 5.27. The van der Waals surface area contributed by atoms with E-state index in [-0.39, 0.29) is 5.70 Å². The minimum Gasteiger partial charge on any atom is -0.448 e. The SMILES string of the molecule is CC(C)(C)OC(=O)N[C@@H]1C(=O)N2C(C(=O)OC(c3ccccc3)c3ccccc3)=C(/C=C/Sc3ccccn3)CS[C@@H]12. The van der Waals surface area contributed by atoms with Gasteiger partial charge in [0, 0.05) is 11.9 Å². The van der Waals surface area contributed by atoms with Gasteiger partial charge in [0.25, 0.3) is 5.91 Å². The van der Waals surface area contributed by atoms with Gasteiger partial charge in [-0.2, -0.15) is 0 Å². The molecule has 3 aromatic rings. The molecule has 2 aromatic carbocycles. The third kappa shape index (κ3) is 6.88. The van der Waals surface area contributed by atoms with Crippen LogP contribution in [0.4, 0.5) is 4.79 Å². The molecule has 216 valence electrons. The van der Waals surface area contributed by atoms with Crippen LogP contribution in [0.2, 0.25) is 0 Å². The molecule has 0 aliphatic carbocycles. The van der Waals surface area contributed by atoms with Gasteiger partial charge in [-0.05, 0) is 61.1 Å². The molecule has 0 spiro atoms. The maximum absolute atomic E-state index is 14.0. The van der Waals surface area contributed by atoms with E-state index in [0.29, 0.717) is 11.3 Å². The van der Waals surface area contributed by atoms with E-state index < -0.39 is 41.1 Å². The summed E-state index contributed by atoms with van der Waals surface area (Å²) in [5.41, 5.74) is 1.72. The number of nitrogens with zero attached hydrogens (tertiary/aromatic N) is 2. The van der Waals surface area contributed by atoms with Gasteiger partial charge in [-0.25, -0.2) is 14.6 Å². The number of carbonyl (C=O) groups excluding carboxylic acids is 3. The van der Waals surface area contributed by atoms with E-state index in [1.165, 1.54) is 28.4 Å². The summed E-state index contributed by atoms with van der Waals surface area (Å²) in [5.74, 6) is -0.583. The second-order valence-corrected chi connectivity index (χ2v) is 12.6. The molecular weight excluding hydrogens is 571 g/mol. The van der Waals surface area contributed by atoms with Gasteiger partial charge in [0.15, 0.2) is 6.10 Å². The number of allylic oxidation sites excluding steroid dienone is 1. The average molecular weight is 602 g/mol. The van der Waals surface area contributed by atoms with E-state index in [4.69, 9.17) is 9.47 Å². The topological polar surface area (TPSA) is 97.8 Å². The molecule has 1 fully saturated rings. The van der Waals surface area contributed by atoms with Crippen molar-refractivity contribution in [1.29, 1.82) is 0 Å². The maximum Gasteiger partial charge on any atom is 0.408 e. The average Bonchev–Trinajstić information content (AvgIpc) is 2.98. The first-order valence-electron chi connectivity index (χ1n) is 13.4. The molecule has 42 heavy (non-hydrogen) atoms. The van der Waals surface area contributed by atoms with Crippen LogP contribution in [0.3, 0.4) is 0 Å². The molecule has 2 amide bonds. The lowest BCUT2D eigenvalue weighted by Gasteiger charge is -2.49. The monoisotopic (exact) mass is 601 g/mol. The summed E-state index contributed by atoms with van der Waals surface area (Å²) in [6, 6.07) is 23.8. The number of pyridine rings is 1. The molecule has 5 rings (SSSR count). The Morgan fingerprint density at radius 3 is 2.26 bits per heavy atom. The van der Waals surface area contributed by atoms with Gasteiger partial charge >= 0.3 is 12.1 Å². The van der Waals surface area contributed by atoms with Gasteiger partial charge in [-0.1, -0.05) is 78.5 Å². The summed E-state index contributed by atoms with van der Waals surface area (Å²) in [6.07, 6.45) is 2.17. The Kier molecular flexibility index (Phi) is 9.03. The zero-order valence-electron chi connectivity index (χ0n) is 23.4. The molecule has 1 aromatic heterocycles. The number of aromatic nitrogens is 1. The fourth-order valence-corrected chi connectivity index (χ4v) is 6.51. The zero-order chi connectivity index (χ0) is 29.7. The number of rotatable bonds is 8. The fourth-order valence-electron chi connectivity index (χ4n) is 4.54. The number of alkyl carbamates (subject to hydrolysis) is 1. The molecule has 0 unspecified atom stereocenters. The predicted molar refractivity (Wildman–Crippen MR) is 163 cm³/mol. The molecule has 3 heterocycles. The number of hydrogen-bond donors (Lipinski definition) is 1. The van der Waals surface area contributed by atoms with Crippen LogP contribution in [0.25, 0.3) is 0 Å². The number of carbonyl (C=O) groups is 3. The Labute approximate surface area is 253 Å². The van der Waals surface area contributed by atoms with Crippen LogP contribution in [-0.4, -0.2) is 50.6 Å². The van der Waals surface area contributed by atoms with Gasteiger partial charge in [0.2, 0.25) is 0 Å². The van der Waals surface area contributed by atoms with Crippen molar-refractivity contribution in [2.24, 2.45) is 0 Å². The fraction of sp³-hybridized carbons (Fsp3) is 0.250. The molecule has 0 bridgehead atoms. The highest BCUT2D eigenvalue weighted by Crippen LogP contribution is 2.42. The van der Waals surface area contributed by atoms with Gasteiger partial charge in [-0.3, -0.25) is 9.69 Å². The molecule has 2 atom stereocenters. The number of ether oxygens (including phenoxy) is 2. The summed E-state index contributed by atoms with van der Waals surface area (Å²) in [4.78, 5) is 45.6. The van der Waals surface area contributed by atoms with Gasteiger partial charge in [0.05, 0.1) is 0 Å². The lowest BCUT2D eigenvalue weighted by molar-refractivity contribution is -0.153. The standard InChI is InChI=1S/C32H31N3O5S2/c1-32(2,3)40-31(38)34-25-28(36)35-26(23(20-42-29(25)35)17-19-41-24-16-10-11-18-33-24)30(37)39-27(21-12-6-4-7-13-21)22-14-8-5-9-15-22/h4-19,25,27,29H,20H2,1-3H3,(H,34,38)/b19-17+/t25-,29+/m1/s1. The lowest BCUT2D eigenvalue weighted by Crippen LogP contribution is -2.70. The van der Waals surface area contributed by atoms with Crippen LogP contribution in [0.1, 0.15) is 38.0 Å². The van der Waals surface area contributed by atoms with Crippen LogP contribution in [0.5, 0.6) is 0 Å². The lowest BCUT2D eigenvalue weighted by atomic mass is 10.0. The van der Waals surface area contributed by atoms with E-state index in [9.17, 15) is 14.4 Å². The number of nitrogens with one attached hydrogen (secondary N) is 1. The van der Waals surface area contributed by atoms with Crippen molar-refractivity contribution >= 4 is 41.5 Å². The Morgan fingerprint density at radius 2 is 1.67 bits per heavy atom. The van der Waals surface area contributed by atoms with Crippen LogP contribution in [0, 0.1) is 0 Å².